The van der Waals surface area contributed by atoms with E-state index in [1.54, 1.807) is 17.3 Å². The Hall–Kier alpha value is -3.22. The van der Waals surface area contributed by atoms with Gasteiger partial charge in [-0.25, -0.2) is 4.98 Å². The number of amides is 2. The normalized spacial score (nSPS) is 25.6. The number of carbonyl (C=O) groups excluding carboxylic acids is 2. The highest BCUT2D eigenvalue weighted by molar-refractivity contribution is 6.01. The Balaban J connectivity index is 1.55. The van der Waals surface area contributed by atoms with Gasteiger partial charge in [0.1, 0.15) is 5.54 Å². The van der Waals surface area contributed by atoms with Crippen LogP contribution in [0.2, 0.25) is 0 Å². The molecule has 5 rings (SSSR count). The fraction of sp³-hybridized carbons (Fsp3) is 0.440. The maximum atomic E-state index is 13.8. The lowest BCUT2D eigenvalue weighted by Gasteiger charge is -2.44. The minimum atomic E-state index is -1.04. The van der Waals surface area contributed by atoms with Crippen molar-refractivity contribution >= 4 is 22.8 Å². The number of nitrogens with zero attached hydrogens (tertiary/aromatic N) is 4. The molecule has 166 valence electrons. The predicted molar refractivity (Wildman–Crippen MR) is 122 cm³/mol. The fourth-order valence-corrected chi connectivity index (χ4v) is 5.11. The zero-order valence-corrected chi connectivity index (χ0v) is 18.6. The predicted octanol–water partition coefficient (Wildman–Crippen LogP) is 3.54. The van der Waals surface area contributed by atoms with Gasteiger partial charge in [-0.1, -0.05) is 38.0 Å². The van der Waals surface area contributed by atoms with E-state index in [1.165, 1.54) is 6.42 Å². The minimum Gasteiger partial charge on any atom is -0.351 e. The van der Waals surface area contributed by atoms with Gasteiger partial charge in [0.05, 0.1) is 17.6 Å². The Bertz CT molecular complexity index is 1160. The second kappa shape index (κ2) is 8.04. The van der Waals surface area contributed by atoms with Gasteiger partial charge in [-0.3, -0.25) is 14.6 Å². The number of para-hydroxylation sites is 2. The average molecular weight is 432 g/mol. The Morgan fingerprint density at radius 2 is 2.00 bits per heavy atom. The molecular weight excluding hydrogens is 402 g/mol. The summed E-state index contributed by atoms with van der Waals surface area (Å²) >= 11 is 0. The quantitative estimate of drug-likeness (QED) is 0.685. The van der Waals surface area contributed by atoms with E-state index in [2.05, 4.69) is 22.2 Å². The number of hydrogen-bond acceptors (Lipinski definition) is 4. The molecule has 1 aliphatic carbocycles. The molecule has 1 aliphatic heterocycles. The van der Waals surface area contributed by atoms with E-state index in [1.807, 2.05) is 47.9 Å². The molecule has 0 spiro atoms. The van der Waals surface area contributed by atoms with Gasteiger partial charge < -0.3 is 14.8 Å². The van der Waals surface area contributed by atoms with E-state index >= 15 is 0 Å². The largest absolute Gasteiger partial charge is 0.351 e. The average Bonchev–Trinajstić information content (AvgIpc) is 3.17. The van der Waals surface area contributed by atoms with Crippen molar-refractivity contribution in [3.8, 4) is 0 Å². The second-order valence-electron chi connectivity index (χ2n) is 9.38. The van der Waals surface area contributed by atoms with Crippen molar-refractivity contribution in [2.24, 2.45) is 5.92 Å². The highest BCUT2D eigenvalue weighted by Gasteiger charge is 2.49. The molecule has 0 saturated heterocycles. The number of nitrogens with one attached hydrogen (secondary N) is 1. The van der Waals surface area contributed by atoms with Crippen molar-refractivity contribution in [1.29, 1.82) is 0 Å². The van der Waals surface area contributed by atoms with E-state index in [4.69, 9.17) is 0 Å². The van der Waals surface area contributed by atoms with Crippen LogP contribution in [0.25, 0.3) is 11.0 Å². The number of hydrogen-bond donors (Lipinski definition) is 1. The third-order valence-electron chi connectivity index (χ3n) is 7.13. The van der Waals surface area contributed by atoms with Gasteiger partial charge in [0.2, 0.25) is 5.91 Å². The first-order valence-electron chi connectivity index (χ1n) is 11.4. The standard InChI is InChI=1S/C25H29N5O2/c1-17-8-3-4-10-19(17)28-24(32)25(2)16-29-21-12-6-5-11-20(21)27-22(29)23(31)30(25)15-18-9-7-13-26-14-18/h5-7,9,11-14,17,19H,3-4,8,10,15-16H2,1-2H3,(H,28,32)/t17-,19+,25-/m1/s1. The zero-order valence-electron chi connectivity index (χ0n) is 18.6. The molecule has 1 saturated carbocycles. The van der Waals surface area contributed by atoms with Crippen LogP contribution in [0.5, 0.6) is 0 Å². The van der Waals surface area contributed by atoms with Crippen LogP contribution >= 0.6 is 0 Å². The summed E-state index contributed by atoms with van der Waals surface area (Å²) in [4.78, 5) is 38.0. The number of imidazole rings is 1. The van der Waals surface area contributed by atoms with Crippen LogP contribution in [0.4, 0.5) is 0 Å². The van der Waals surface area contributed by atoms with Gasteiger partial charge in [-0.15, -0.1) is 0 Å². The van der Waals surface area contributed by atoms with Crippen molar-refractivity contribution in [2.45, 2.75) is 64.2 Å². The molecule has 1 fully saturated rings. The lowest BCUT2D eigenvalue weighted by molar-refractivity contribution is -0.134. The number of aromatic nitrogens is 3. The molecule has 1 aromatic carbocycles. The summed E-state index contributed by atoms with van der Waals surface area (Å²) in [5, 5.41) is 3.30. The van der Waals surface area contributed by atoms with Crippen molar-refractivity contribution < 1.29 is 9.59 Å². The summed E-state index contributed by atoms with van der Waals surface area (Å²) in [5.41, 5.74) is 1.49. The van der Waals surface area contributed by atoms with Crippen LogP contribution in [-0.4, -0.2) is 42.8 Å². The van der Waals surface area contributed by atoms with Crippen LogP contribution in [0.15, 0.2) is 48.8 Å². The summed E-state index contributed by atoms with van der Waals surface area (Å²) in [6.45, 7) is 4.75. The van der Waals surface area contributed by atoms with Crippen LogP contribution in [-0.2, 0) is 17.9 Å². The fourth-order valence-electron chi connectivity index (χ4n) is 5.11. The van der Waals surface area contributed by atoms with Crippen molar-refractivity contribution in [3.63, 3.8) is 0 Å². The van der Waals surface area contributed by atoms with Crippen molar-refractivity contribution in [2.75, 3.05) is 0 Å². The van der Waals surface area contributed by atoms with Crippen LogP contribution in [0.3, 0.4) is 0 Å². The maximum absolute atomic E-state index is 13.8. The molecule has 7 heteroatoms. The molecule has 32 heavy (non-hydrogen) atoms. The van der Waals surface area contributed by atoms with Gasteiger partial charge in [-0.2, -0.15) is 0 Å². The first-order valence-corrected chi connectivity index (χ1v) is 11.4. The third kappa shape index (κ3) is 3.45. The molecule has 0 bridgehead atoms. The number of pyridine rings is 1. The molecule has 3 aromatic rings. The van der Waals surface area contributed by atoms with E-state index in [9.17, 15) is 9.59 Å². The summed E-state index contributed by atoms with van der Waals surface area (Å²) in [7, 11) is 0. The maximum Gasteiger partial charge on any atom is 0.291 e. The molecule has 0 unspecified atom stereocenters. The molecule has 3 heterocycles. The number of carbonyl (C=O) groups is 2. The first-order chi connectivity index (χ1) is 15.5. The summed E-state index contributed by atoms with van der Waals surface area (Å²) in [6.07, 6.45) is 7.89. The minimum absolute atomic E-state index is 0.100. The Kier molecular flexibility index (Phi) is 5.19. The van der Waals surface area contributed by atoms with Gasteiger partial charge in [0, 0.05) is 25.0 Å². The topological polar surface area (TPSA) is 80.1 Å². The van der Waals surface area contributed by atoms with Crippen molar-refractivity contribution in [3.05, 3.63) is 60.2 Å². The van der Waals surface area contributed by atoms with Gasteiger partial charge in [-0.05, 0) is 49.4 Å². The van der Waals surface area contributed by atoms with Crippen LogP contribution in [0.1, 0.15) is 55.7 Å². The third-order valence-corrected chi connectivity index (χ3v) is 7.13. The number of rotatable bonds is 4. The highest BCUT2D eigenvalue weighted by atomic mass is 16.2. The molecule has 2 amide bonds. The molecule has 2 aliphatic rings. The molecule has 0 radical (unpaired) electrons. The Morgan fingerprint density at radius 3 is 2.78 bits per heavy atom. The SMILES string of the molecule is C[C@@H]1CCCC[C@@H]1NC(=O)[C@@]1(C)Cn2c(nc3ccccc32)C(=O)N1Cc1cccnc1. The van der Waals surface area contributed by atoms with E-state index in [0.717, 1.165) is 35.9 Å². The van der Waals surface area contributed by atoms with Crippen LogP contribution < -0.4 is 5.32 Å². The molecule has 1 N–H and O–H groups in total. The number of benzene rings is 1. The van der Waals surface area contributed by atoms with Gasteiger partial charge in [0.25, 0.3) is 5.91 Å². The molecule has 2 aromatic heterocycles. The number of fused-ring (bicyclic) bond motifs is 3. The smallest absolute Gasteiger partial charge is 0.291 e. The zero-order chi connectivity index (χ0) is 22.3. The van der Waals surface area contributed by atoms with Gasteiger partial charge >= 0.3 is 0 Å². The summed E-state index contributed by atoms with van der Waals surface area (Å²) in [6, 6.07) is 11.6. The summed E-state index contributed by atoms with van der Waals surface area (Å²) in [5.74, 6) is 0.487. The van der Waals surface area contributed by atoms with E-state index < -0.39 is 5.54 Å². The Morgan fingerprint density at radius 1 is 1.19 bits per heavy atom. The first kappa shape index (κ1) is 20.7. The highest BCUT2D eigenvalue weighted by Crippen LogP contribution is 2.33. The molecule has 7 nitrogen and oxygen atoms in total. The van der Waals surface area contributed by atoms with Crippen molar-refractivity contribution in [1.82, 2.24) is 24.8 Å². The second-order valence-corrected chi connectivity index (χ2v) is 9.38. The van der Waals surface area contributed by atoms with Gasteiger partial charge in [0.15, 0.2) is 5.82 Å². The molecule has 3 atom stereocenters. The summed E-state index contributed by atoms with van der Waals surface area (Å²) < 4.78 is 1.90. The Labute approximate surface area is 187 Å². The van der Waals surface area contributed by atoms with E-state index in [-0.39, 0.29) is 17.9 Å². The monoisotopic (exact) mass is 431 g/mol. The van der Waals surface area contributed by atoms with E-state index in [0.29, 0.717) is 24.8 Å². The lowest BCUT2D eigenvalue weighted by atomic mass is 9.85. The lowest BCUT2D eigenvalue weighted by Crippen LogP contribution is -2.65. The van der Waals surface area contributed by atoms with Crippen LogP contribution in [0, 0.1) is 5.92 Å². The molecular formula is C25H29N5O2.